The number of carbonyl (C=O) groups excluding carboxylic acids is 2. The number of hydrogen-bond acceptors (Lipinski definition) is 5. The Labute approximate surface area is 144 Å². The van der Waals surface area contributed by atoms with Crippen LogP contribution in [0.5, 0.6) is 0 Å². The lowest BCUT2D eigenvalue weighted by Crippen LogP contribution is -2.53. The molecule has 0 aromatic rings. The summed E-state index contributed by atoms with van der Waals surface area (Å²) in [4.78, 5) is 24.8. The van der Waals surface area contributed by atoms with Gasteiger partial charge in [-0.25, -0.2) is 0 Å². The summed E-state index contributed by atoms with van der Waals surface area (Å²) < 4.78 is -0.664. The molecule has 0 saturated heterocycles. The molecule has 0 rings (SSSR count). The Hall–Kier alpha value is -0.0100. The predicted octanol–water partition coefficient (Wildman–Crippen LogP) is 1.96. The molecule has 0 aliphatic heterocycles. The maximum Gasteiger partial charge on any atom is 0.235 e. The van der Waals surface area contributed by atoms with E-state index in [9.17, 15) is 9.59 Å². The fourth-order valence-corrected chi connectivity index (χ4v) is 2.14. The van der Waals surface area contributed by atoms with Gasteiger partial charge in [0, 0.05) is 22.6 Å². The van der Waals surface area contributed by atoms with Gasteiger partial charge in [-0.2, -0.15) is 37.9 Å². The fourth-order valence-electron chi connectivity index (χ4n) is 1.54. The summed E-state index contributed by atoms with van der Waals surface area (Å²) in [5, 5.41) is 5.59. The molecule has 0 heterocycles. The molecule has 7 heteroatoms. The molecule has 0 aliphatic carbocycles. The number of nitrogens with one attached hydrogen (secondary N) is 2. The Morgan fingerprint density at radius 2 is 1.19 bits per heavy atom. The molecule has 0 aliphatic rings. The minimum absolute atomic E-state index is 0.298. The first kappa shape index (κ1) is 21.0. The highest BCUT2D eigenvalue weighted by Crippen LogP contribution is 2.24. The molecule has 124 valence electrons. The summed E-state index contributed by atoms with van der Waals surface area (Å²) in [5.41, 5.74) is -1.14. The third-order valence-electron chi connectivity index (χ3n) is 2.98. The predicted molar refractivity (Wildman–Crippen MR) is 98.7 cm³/mol. The second-order valence-electron chi connectivity index (χ2n) is 6.80. The van der Waals surface area contributed by atoms with E-state index in [2.05, 4.69) is 48.5 Å². The van der Waals surface area contributed by atoms with Gasteiger partial charge >= 0.3 is 0 Å². The average Bonchev–Trinajstić information content (AvgIpc) is 2.31. The van der Waals surface area contributed by atoms with E-state index in [1.807, 2.05) is 27.7 Å². The van der Waals surface area contributed by atoms with Gasteiger partial charge in [-0.15, -0.1) is 0 Å². The summed E-state index contributed by atoms with van der Waals surface area (Å²) >= 11 is 12.9. The van der Waals surface area contributed by atoms with Gasteiger partial charge < -0.3 is 10.6 Å². The molecule has 0 fully saturated rings. The topological polar surface area (TPSA) is 58.2 Å². The van der Waals surface area contributed by atoms with Crippen molar-refractivity contribution in [2.45, 2.75) is 50.5 Å². The summed E-state index contributed by atoms with van der Waals surface area (Å²) in [6.07, 6.45) is 0.369. The third kappa shape index (κ3) is 8.26. The van der Waals surface area contributed by atoms with Crippen molar-refractivity contribution >= 4 is 49.7 Å². The van der Waals surface area contributed by atoms with Crippen LogP contribution < -0.4 is 10.6 Å². The first-order valence-corrected chi connectivity index (χ1v) is 8.47. The molecule has 2 amide bonds. The fraction of sp³-hybridized carbons (Fsp3) is 0.857. The van der Waals surface area contributed by atoms with Crippen LogP contribution in [0.1, 0.15) is 41.0 Å². The Balaban J connectivity index is 4.88. The van der Waals surface area contributed by atoms with E-state index in [0.717, 1.165) is 0 Å². The molecule has 0 saturated carbocycles. The minimum Gasteiger partial charge on any atom is -0.354 e. The van der Waals surface area contributed by atoms with E-state index >= 15 is 0 Å². The van der Waals surface area contributed by atoms with Gasteiger partial charge in [0.05, 0.1) is 0 Å². The van der Waals surface area contributed by atoms with Crippen LogP contribution in [0.25, 0.3) is 0 Å². The molecule has 21 heavy (non-hydrogen) atoms. The molecule has 0 bridgehead atoms. The lowest BCUT2D eigenvalue weighted by molar-refractivity contribution is -0.142. The third-order valence-corrected chi connectivity index (χ3v) is 3.52. The molecule has 2 N–H and O–H groups in total. The van der Waals surface area contributed by atoms with Crippen molar-refractivity contribution in [3.8, 4) is 0 Å². The van der Waals surface area contributed by atoms with E-state index in [0.29, 0.717) is 25.3 Å². The summed E-state index contributed by atoms with van der Waals surface area (Å²) in [7, 11) is 0. The summed E-state index contributed by atoms with van der Waals surface area (Å²) in [6, 6.07) is 0. The SMILES string of the molecule is CC(C)(S)CNC(=O)C(C)(CCS)C(=O)NCC(C)(C)S. The zero-order chi connectivity index (χ0) is 16.9. The zero-order valence-electron chi connectivity index (χ0n) is 13.5. The molecule has 4 nitrogen and oxygen atoms in total. The minimum atomic E-state index is -1.14. The van der Waals surface area contributed by atoms with Crippen molar-refractivity contribution in [3.63, 3.8) is 0 Å². The van der Waals surface area contributed by atoms with E-state index in [1.165, 1.54) is 0 Å². The van der Waals surface area contributed by atoms with Gasteiger partial charge in [0.25, 0.3) is 0 Å². The molecule has 0 atom stereocenters. The van der Waals surface area contributed by atoms with Gasteiger partial charge in [0.2, 0.25) is 11.8 Å². The number of thiol groups is 3. The van der Waals surface area contributed by atoms with E-state index in [1.54, 1.807) is 6.92 Å². The lowest BCUT2D eigenvalue weighted by Gasteiger charge is -2.30. The number of rotatable bonds is 8. The molecular formula is C14H28N2O2S3. The molecule has 0 aromatic carbocycles. The first-order valence-electron chi connectivity index (χ1n) is 6.94. The molecule has 0 radical (unpaired) electrons. The summed E-state index contributed by atoms with van der Waals surface area (Å²) in [6.45, 7) is 10.0. The second-order valence-corrected chi connectivity index (χ2v) is 9.66. The van der Waals surface area contributed by atoms with Crippen molar-refractivity contribution < 1.29 is 9.59 Å². The van der Waals surface area contributed by atoms with Gasteiger partial charge in [0.1, 0.15) is 5.41 Å². The average molecular weight is 353 g/mol. The van der Waals surface area contributed by atoms with Crippen molar-refractivity contribution in [1.29, 1.82) is 0 Å². The maximum atomic E-state index is 12.4. The van der Waals surface area contributed by atoms with E-state index in [4.69, 9.17) is 0 Å². The Morgan fingerprint density at radius 3 is 1.43 bits per heavy atom. The highest BCUT2D eigenvalue weighted by atomic mass is 32.1. The van der Waals surface area contributed by atoms with Crippen LogP contribution in [0.4, 0.5) is 0 Å². The smallest absolute Gasteiger partial charge is 0.235 e. The van der Waals surface area contributed by atoms with Crippen LogP contribution in [-0.4, -0.2) is 40.2 Å². The monoisotopic (exact) mass is 352 g/mol. The van der Waals surface area contributed by atoms with Crippen molar-refractivity contribution in [2.75, 3.05) is 18.8 Å². The Morgan fingerprint density at radius 1 is 0.857 bits per heavy atom. The van der Waals surface area contributed by atoms with Crippen LogP contribution in [-0.2, 0) is 9.59 Å². The van der Waals surface area contributed by atoms with E-state index in [-0.39, 0.29) is 21.3 Å². The Kier molecular flexibility index (Phi) is 8.01. The highest BCUT2D eigenvalue weighted by molar-refractivity contribution is 7.82. The van der Waals surface area contributed by atoms with Gasteiger partial charge in [-0.3, -0.25) is 9.59 Å². The molecule has 0 unspecified atom stereocenters. The molecule has 0 spiro atoms. The van der Waals surface area contributed by atoms with Crippen LogP contribution in [0, 0.1) is 5.41 Å². The zero-order valence-corrected chi connectivity index (χ0v) is 16.2. The van der Waals surface area contributed by atoms with Gasteiger partial charge in [-0.05, 0) is 46.8 Å². The standard InChI is InChI=1S/C14H28N2O2S3/c1-12(2,20)8-15-10(17)14(5,6-7-19)11(18)16-9-13(3,4)21/h19-21H,6-9H2,1-5H3,(H,15,17)(H,16,18). The quantitative estimate of drug-likeness (QED) is 0.343. The highest BCUT2D eigenvalue weighted by Gasteiger charge is 2.40. The lowest BCUT2D eigenvalue weighted by atomic mass is 9.85. The maximum absolute atomic E-state index is 12.4. The van der Waals surface area contributed by atoms with Crippen molar-refractivity contribution in [2.24, 2.45) is 5.41 Å². The number of hydrogen-bond donors (Lipinski definition) is 5. The Bertz CT molecular complexity index is 343. The van der Waals surface area contributed by atoms with Crippen molar-refractivity contribution in [3.05, 3.63) is 0 Å². The van der Waals surface area contributed by atoms with Crippen LogP contribution in [0.3, 0.4) is 0 Å². The van der Waals surface area contributed by atoms with E-state index < -0.39 is 5.41 Å². The summed E-state index contributed by atoms with van der Waals surface area (Å²) in [5.74, 6) is -0.146. The number of carbonyl (C=O) groups is 2. The normalized spacial score (nSPS) is 13.0. The molecule has 0 aromatic heterocycles. The van der Waals surface area contributed by atoms with Crippen LogP contribution >= 0.6 is 37.9 Å². The second kappa shape index (κ2) is 8.02. The number of amides is 2. The van der Waals surface area contributed by atoms with Crippen LogP contribution in [0.15, 0.2) is 0 Å². The van der Waals surface area contributed by atoms with Gasteiger partial charge in [0.15, 0.2) is 0 Å². The first-order chi connectivity index (χ1) is 9.32. The molecular weight excluding hydrogens is 324 g/mol. The van der Waals surface area contributed by atoms with Crippen LogP contribution in [0.2, 0.25) is 0 Å². The van der Waals surface area contributed by atoms with Crippen molar-refractivity contribution in [1.82, 2.24) is 10.6 Å². The largest absolute Gasteiger partial charge is 0.354 e. The van der Waals surface area contributed by atoms with Gasteiger partial charge in [-0.1, -0.05) is 0 Å².